The van der Waals surface area contributed by atoms with Crippen molar-refractivity contribution < 1.29 is 9.59 Å². The minimum Gasteiger partial charge on any atom is -0.341 e. The summed E-state index contributed by atoms with van der Waals surface area (Å²) in [6.07, 6.45) is 2.66. The van der Waals surface area contributed by atoms with Gasteiger partial charge in [-0.15, -0.1) is 0 Å². The second kappa shape index (κ2) is 8.39. The molecule has 0 saturated carbocycles. The Balaban J connectivity index is 1.66. The smallest absolute Gasteiger partial charge is 0.253 e. The summed E-state index contributed by atoms with van der Waals surface area (Å²) < 4.78 is 0. The Kier molecular flexibility index (Phi) is 6.20. The van der Waals surface area contributed by atoms with Gasteiger partial charge >= 0.3 is 0 Å². The molecule has 2 amide bonds. The molecule has 2 aliphatic heterocycles. The van der Waals surface area contributed by atoms with Gasteiger partial charge in [0.2, 0.25) is 5.91 Å². The third kappa shape index (κ3) is 4.46. The van der Waals surface area contributed by atoms with Crippen LogP contribution in [0.15, 0.2) is 18.2 Å². The van der Waals surface area contributed by atoms with Crippen molar-refractivity contribution in [3.63, 3.8) is 0 Å². The fourth-order valence-electron chi connectivity index (χ4n) is 3.50. The summed E-state index contributed by atoms with van der Waals surface area (Å²) in [7, 11) is 0. The van der Waals surface area contributed by atoms with Crippen LogP contribution in [-0.4, -0.2) is 60.9 Å². The summed E-state index contributed by atoms with van der Waals surface area (Å²) in [5.74, 6) is -0.0255. The molecule has 2 aliphatic rings. The van der Waals surface area contributed by atoms with E-state index in [0.29, 0.717) is 28.7 Å². The van der Waals surface area contributed by atoms with Crippen LogP contribution in [0.2, 0.25) is 10.0 Å². The van der Waals surface area contributed by atoms with Crippen LogP contribution in [0.25, 0.3) is 0 Å². The molecule has 1 N–H and O–H groups in total. The number of carbonyl (C=O) groups is 2. The number of nitrogens with zero attached hydrogens (tertiary/aromatic N) is 2. The molecule has 2 saturated heterocycles. The number of hydrogen-bond donors (Lipinski definition) is 1. The average molecular weight is 384 g/mol. The fourth-order valence-corrected chi connectivity index (χ4v) is 3.80. The topological polar surface area (TPSA) is 52.7 Å². The summed E-state index contributed by atoms with van der Waals surface area (Å²) in [5, 5.41) is 4.11. The molecule has 3 rings (SSSR count). The van der Waals surface area contributed by atoms with E-state index in [2.05, 4.69) is 5.32 Å². The molecule has 1 aromatic carbocycles. The van der Waals surface area contributed by atoms with E-state index in [4.69, 9.17) is 23.2 Å². The maximum Gasteiger partial charge on any atom is 0.253 e. The van der Waals surface area contributed by atoms with Crippen molar-refractivity contribution in [2.24, 2.45) is 5.92 Å². The highest BCUT2D eigenvalue weighted by Gasteiger charge is 2.31. The van der Waals surface area contributed by atoms with Crippen molar-refractivity contribution >= 4 is 35.0 Å². The summed E-state index contributed by atoms with van der Waals surface area (Å²) in [4.78, 5) is 29.3. The minimum atomic E-state index is -0.112. The Morgan fingerprint density at radius 1 is 1.00 bits per heavy atom. The maximum atomic E-state index is 12.8. The molecule has 0 radical (unpaired) electrons. The number of nitrogens with one attached hydrogen (secondary N) is 1. The van der Waals surface area contributed by atoms with E-state index in [0.717, 1.165) is 45.4 Å². The first-order valence-corrected chi connectivity index (χ1v) is 9.55. The molecule has 1 aromatic rings. The Labute approximate surface area is 158 Å². The zero-order chi connectivity index (χ0) is 17.8. The number of carbonyl (C=O) groups excluding carboxylic acids is 2. The van der Waals surface area contributed by atoms with E-state index >= 15 is 0 Å². The lowest BCUT2D eigenvalue weighted by atomic mass is 9.95. The van der Waals surface area contributed by atoms with Gasteiger partial charge in [0.1, 0.15) is 0 Å². The summed E-state index contributed by atoms with van der Waals surface area (Å²) >= 11 is 11.9. The normalized spacial score (nSPS) is 21.8. The second-order valence-corrected chi connectivity index (χ2v) is 7.46. The van der Waals surface area contributed by atoms with Gasteiger partial charge in [-0.05, 0) is 44.0 Å². The summed E-state index contributed by atoms with van der Waals surface area (Å²) in [5.41, 5.74) is 0.515. The number of amides is 2. The molecular weight excluding hydrogens is 361 g/mol. The highest BCUT2D eigenvalue weighted by molar-refractivity contribution is 6.42. The second-order valence-electron chi connectivity index (χ2n) is 6.65. The molecule has 5 nitrogen and oxygen atoms in total. The third-order valence-electron chi connectivity index (χ3n) is 4.88. The first-order chi connectivity index (χ1) is 12.1. The molecule has 136 valence electrons. The van der Waals surface area contributed by atoms with Gasteiger partial charge in [0, 0.05) is 38.3 Å². The molecule has 0 aromatic heterocycles. The summed E-state index contributed by atoms with van der Waals surface area (Å²) in [6.45, 7) is 4.48. The molecule has 0 spiro atoms. The van der Waals surface area contributed by atoms with Crippen LogP contribution in [0.1, 0.15) is 29.6 Å². The standard InChI is InChI=1S/C18H23Cl2N3O2/c19-15-5-4-13(11-16(15)20)17(24)23-8-1-3-14(12-23)18(25)22-9-2-6-21-7-10-22/h4-5,11,14,21H,1-3,6-10,12H2. The number of likely N-dealkylation sites (tertiary alicyclic amines) is 1. The van der Waals surface area contributed by atoms with Gasteiger partial charge in [-0.2, -0.15) is 0 Å². The average Bonchev–Trinajstić information content (AvgIpc) is 2.92. The van der Waals surface area contributed by atoms with Crippen molar-refractivity contribution in [1.29, 1.82) is 0 Å². The first-order valence-electron chi connectivity index (χ1n) is 8.80. The third-order valence-corrected chi connectivity index (χ3v) is 5.62. The van der Waals surface area contributed by atoms with Gasteiger partial charge in [-0.25, -0.2) is 0 Å². The molecule has 0 aliphatic carbocycles. The molecule has 7 heteroatoms. The number of halogens is 2. The SMILES string of the molecule is O=C(c1ccc(Cl)c(Cl)c1)N1CCCC(C(=O)N2CCCNCC2)C1. The fraction of sp³-hybridized carbons (Fsp3) is 0.556. The maximum absolute atomic E-state index is 12.8. The van der Waals surface area contributed by atoms with Crippen LogP contribution in [-0.2, 0) is 4.79 Å². The van der Waals surface area contributed by atoms with Crippen LogP contribution in [0.3, 0.4) is 0 Å². The van der Waals surface area contributed by atoms with Crippen molar-refractivity contribution in [3.8, 4) is 0 Å². The predicted octanol–water partition coefficient (Wildman–Crippen LogP) is 2.67. The Hall–Kier alpha value is -1.30. The molecule has 2 heterocycles. The van der Waals surface area contributed by atoms with Gasteiger partial charge in [0.15, 0.2) is 0 Å². The largest absolute Gasteiger partial charge is 0.341 e. The molecule has 1 unspecified atom stereocenters. The monoisotopic (exact) mass is 383 g/mol. The van der Waals surface area contributed by atoms with Crippen molar-refractivity contribution in [1.82, 2.24) is 15.1 Å². The van der Waals surface area contributed by atoms with E-state index in [-0.39, 0.29) is 17.7 Å². The van der Waals surface area contributed by atoms with E-state index in [1.165, 1.54) is 0 Å². The quantitative estimate of drug-likeness (QED) is 0.853. The first kappa shape index (κ1) is 18.5. The van der Waals surface area contributed by atoms with Gasteiger partial charge < -0.3 is 15.1 Å². The number of piperidine rings is 1. The van der Waals surface area contributed by atoms with E-state index < -0.39 is 0 Å². The van der Waals surface area contributed by atoms with E-state index in [1.807, 2.05) is 4.90 Å². The van der Waals surface area contributed by atoms with Crippen molar-refractivity contribution in [2.75, 3.05) is 39.3 Å². The zero-order valence-corrected chi connectivity index (χ0v) is 15.7. The molecule has 2 fully saturated rings. The lowest BCUT2D eigenvalue weighted by molar-refractivity contribution is -0.136. The van der Waals surface area contributed by atoms with Crippen LogP contribution < -0.4 is 5.32 Å². The van der Waals surface area contributed by atoms with Crippen LogP contribution in [0.4, 0.5) is 0 Å². The minimum absolute atomic E-state index is 0.0893. The predicted molar refractivity (Wildman–Crippen MR) is 99.2 cm³/mol. The number of rotatable bonds is 2. The van der Waals surface area contributed by atoms with Crippen LogP contribution in [0, 0.1) is 5.92 Å². The van der Waals surface area contributed by atoms with Crippen LogP contribution >= 0.6 is 23.2 Å². The number of hydrogen-bond acceptors (Lipinski definition) is 3. The van der Waals surface area contributed by atoms with Crippen molar-refractivity contribution in [2.45, 2.75) is 19.3 Å². The van der Waals surface area contributed by atoms with E-state index in [1.54, 1.807) is 23.1 Å². The summed E-state index contributed by atoms with van der Waals surface area (Å²) in [6, 6.07) is 4.91. The highest BCUT2D eigenvalue weighted by Crippen LogP contribution is 2.25. The van der Waals surface area contributed by atoms with Gasteiger partial charge in [0.25, 0.3) is 5.91 Å². The molecule has 0 bridgehead atoms. The Morgan fingerprint density at radius 3 is 2.60 bits per heavy atom. The Bertz CT molecular complexity index is 645. The van der Waals surface area contributed by atoms with Crippen molar-refractivity contribution in [3.05, 3.63) is 33.8 Å². The lowest BCUT2D eigenvalue weighted by Gasteiger charge is -2.34. The molecule has 25 heavy (non-hydrogen) atoms. The zero-order valence-electron chi connectivity index (χ0n) is 14.1. The highest BCUT2D eigenvalue weighted by atomic mass is 35.5. The van der Waals surface area contributed by atoms with Crippen LogP contribution in [0.5, 0.6) is 0 Å². The van der Waals surface area contributed by atoms with Gasteiger partial charge in [0.05, 0.1) is 16.0 Å². The number of benzene rings is 1. The van der Waals surface area contributed by atoms with E-state index in [9.17, 15) is 9.59 Å². The Morgan fingerprint density at radius 2 is 1.80 bits per heavy atom. The molecule has 1 atom stereocenters. The van der Waals surface area contributed by atoms with Gasteiger partial charge in [-0.3, -0.25) is 9.59 Å². The van der Waals surface area contributed by atoms with Gasteiger partial charge in [-0.1, -0.05) is 23.2 Å². The molecular formula is C18H23Cl2N3O2. The lowest BCUT2D eigenvalue weighted by Crippen LogP contribution is -2.47.